The standard InChI is InChI=1S/C16H14ClN3O2S/c1-11-6-8-12(9-7-11)23(21,22)20-18-10-15-16(17)13-4-2-3-5-14(13)19-15/h2-10,19-20H,1H3. The fourth-order valence-electron chi connectivity index (χ4n) is 2.15. The minimum absolute atomic E-state index is 0.156. The Kier molecular flexibility index (Phi) is 4.11. The number of H-pyrrole nitrogens is 1. The monoisotopic (exact) mass is 347 g/mol. The Bertz CT molecular complexity index is 976. The SMILES string of the molecule is Cc1ccc(S(=O)(=O)NN=Cc2[nH]c3ccccc3c2Cl)cc1. The summed E-state index contributed by atoms with van der Waals surface area (Å²) in [7, 11) is -3.69. The zero-order valence-corrected chi connectivity index (χ0v) is 13.8. The Hall–Kier alpha value is -2.31. The number of aromatic nitrogens is 1. The molecule has 0 fully saturated rings. The van der Waals surface area contributed by atoms with Crippen molar-refractivity contribution in [2.45, 2.75) is 11.8 Å². The van der Waals surface area contributed by atoms with Crippen molar-refractivity contribution >= 4 is 38.7 Å². The third kappa shape index (κ3) is 3.23. The van der Waals surface area contributed by atoms with Crippen LogP contribution in [0.15, 0.2) is 58.5 Å². The summed E-state index contributed by atoms with van der Waals surface area (Å²) in [5.41, 5.74) is 2.39. The first-order chi connectivity index (χ1) is 11.0. The number of halogens is 1. The second-order valence-electron chi connectivity index (χ2n) is 5.06. The summed E-state index contributed by atoms with van der Waals surface area (Å²) >= 11 is 6.24. The van der Waals surface area contributed by atoms with Crippen LogP contribution in [0.2, 0.25) is 5.02 Å². The van der Waals surface area contributed by atoms with Crippen LogP contribution < -0.4 is 4.83 Å². The molecule has 0 saturated heterocycles. The quantitative estimate of drug-likeness (QED) is 0.560. The lowest BCUT2D eigenvalue weighted by atomic mass is 10.2. The highest BCUT2D eigenvalue weighted by Crippen LogP contribution is 2.25. The molecular formula is C16H14ClN3O2S. The van der Waals surface area contributed by atoms with Gasteiger partial charge in [-0.2, -0.15) is 13.5 Å². The number of nitrogens with zero attached hydrogens (tertiary/aromatic N) is 1. The van der Waals surface area contributed by atoms with Crippen LogP contribution in [0.4, 0.5) is 0 Å². The number of aryl methyl sites for hydroxylation is 1. The van der Waals surface area contributed by atoms with E-state index in [-0.39, 0.29) is 4.90 Å². The molecule has 3 aromatic rings. The highest BCUT2D eigenvalue weighted by atomic mass is 35.5. The van der Waals surface area contributed by atoms with Gasteiger partial charge in [0.15, 0.2) is 0 Å². The van der Waals surface area contributed by atoms with Crippen molar-refractivity contribution in [3.63, 3.8) is 0 Å². The number of aromatic amines is 1. The number of para-hydroxylation sites is 1. The van der Waals surface area contributed by atoms with E-state index < -0.39 is 10.0 Å². The van der Waals surface area contributed by atoms with Gasteiger partial charge in [-0.1, -0.05) is 47.5 Å². The summed E-state index contributed by atoms with van der Waals surface area (Å²) in [4.78, 5) is 5.41. The van der Waals surface area contributed by atoms with Gasteiger partial charge >= 0.3 is 0 Å². The lowest BCUT2D eigenvalue weighted by Crippen LogP contribution is -2.18. The first-order valence-electron chi connectivity index (χ1n) is 6.85. The molecule has 23 heavy (non-hydrogen) atoms. The van der Waals surface area contributed by atoms with Crippen LogP contribution in [-0.2, 0) is 10.0 Å². The number of nitrogens with one attached hydrogen (secondary N) is 2. The van der Waals surface area contributed by atoms with Gasteiger partial charge in [0, 0.05) is 10.9 Å². The molecule has 0 aliphatic carbocycles. The summed E-state index contributed by atoms with van der Waals surface area (Å²) in [6, 6.07) is 14.0. The molecule has 2 N–H and O–H groups in total. The van der Waals surface area contributed by atoms with Crippen molar-refractivity contribution in [2.24, 2.45) is 5.10 Å². The molecule has 0 atom stereocenters. The Labute approximate surface area is 139 Å². The minimum atomic E-state index is -3.69. The largest absolute Gasteiger partial charge is 0.352 e. The average Bonchev–Trinajstić information content (AvgIpc) is 2.84. The predicted molar refractivity (Wildman–Crippen MR) is 92.4 cm³/mol. The summed E-state index contributed by atoms with van der Waals surface area (Å²) in [5.74, 6) is 0. The van der Waals surface area contributed by atoms with Gasteiger partial charge < -0.3 is 4.98 Å². The van der Waals surface area contributed by atoms with Gasteiger partial charge in [0.05, 0.1) is 21.8 Å². The summed E-state index contributed by atoms with van der Waals surface area (Å²) in [6.45, 7) is 1.89. The fraction of sp³-hybridized carbons (Fsp3) is 0.0625. The number of hydrogen-bond acceptors (Lipinski definition) is 3. The van der Waals surface area contributed by atoms with Crippen molar-refractivity contribution in [1.29, 1.82) is 0 Å². The molecule has 1 aromatic heterocycles. The van der Waals surface area contributed by atoms with Gasteiger partial charge in [0.25, 0.3) is 10.0 Å². The van der Waals surface area contributed by atoms with Gasteiger partial charge in [0.1, 0.15) is 0 Å². The molecule has 0 unspecified atom stereocenters. The molecule has 0 amide bonds. The van der Waals surface area contributed by atoms with Gasteiger partial charge in [-0.25, -0.2) is 4.83 Å². The normalized spacial score (nSPS) is 12.1. The van der Waals surface area contributed by atoms with E-state index in [0.717, 1.165) is 16.5 Å². The van der Waals surface area contributed by atoms with Crippen molar-refractivity contribution in [1.82, 2.24) is 9.82 Å². The molecule has 3 rings (SSSR count). The van der Waals surface area contributed by atoms with Crippen molar-refractivity contribution in [3.05, 3.63) is 64.8 Å². The fourth-order valence-corrected chi connectivity index (χ4v) is 3.20. The molecule has 2 aromatic carbocycles. The van der Waals surface area contributed by atoms with E-state index >= 15 is 0 Å². The Morgan fingerprint density at radius 3 is 2.52 bits per heavy atom. The molecule has 0 radical (unpaired) electrons. The molecule has 5 nitrogen and oxygen atoms in total. The number of sulfonamides is 1. The molecule has 1 heterocycles. The lowest BCUT2D eigenvalue weighted by molar-refractivity contribution is 0.584. The second-order valence-corrected chi connectivity index (χ2v) is 7.10. The highest BCUT2D eigenvalue weighted by molar-refractivity contribution is 7.89. The second kappa shape index (κ2) is 6.06. The first-order valence-corrected chi connectivity index (χ1v) is 8.71. The van der Waals surface area contributed by atoms with Crippen LogP contribution in [0, 0.1) is 6.92 Å². The van der Waals surface area contributed by atoms with Gasteiger partial charge in [-0.3, -0.25) is 0 Å². The van der Waals surface area contributed by atoms with E-state index in [4.69, 9.17) is 11.6 Å². The van der Waals surface area contributed by atoms with Gasteiger partial charge in [-0.15, -0.1) is 0 Å². The summed E-state index contributed by atoms with van der Waals surface area (Å²) in [6.07, 6.45) is 1.36. The van der Waals surface area contributed by atoms with Crippen LogP contribution in [0.1, 0.15) is 11.3 Å². The molecule has 7 heteroatoms. The Morgan fingerprint density at radius 2 is 1.83 bits per heavy atom. The van der Waals surface area contributed by atoms with E-state index in [2.05, 4.69) is 14.9 Å². The summed E-state index contributed by atoms with van der Waals surface area (Å²) in [5, 5.41) is 5.15. The zero-order chi connectivity index (χ0) is 16.4. The number of benzene rings is 2. The third-order valence-electron chi connectivity index (χ3n) is 3.37. The highest BCUT2D eigenvalue weighted by Gasteiger charge is 2.12. The maximum Gasteiger partial charge on any atom is 0.276 e. The van der Waals surface area contributed by atoms with E-state index in [9.17, 15) is 8.42 Å². The molecule has 0 aliphatic rings. The first kappa shape index (κ1) is 15.6. The van der Waals surface area contributed by atoms with Crippen LogP contribution >= 0.6 is 11.6 Å². The predicted octanol–water partition coefficient (Wildman–Crippen LogP) is 3.44. The van der Waals surface area contributed by atoms with E-state index in [0.29, 0.717) is 10.7 Å². The lowest BCUT2D eigenvalue weighted by Gasteiger charge is -2.03. The van der Waals surface area contributed by atoms with Crippen LogP contribution in [0.3, 0.4) is 0 Å². The van der Waals surface area contributed by atoms with Crippen molar-refractivity contribution in [3.8, 4) is 0 Å². The number of fused-ring (bicyclic) bond motifs is 1. The van der Waals surface area contributed by atoms with Gasteiger partial charge in [-0.05, 0) is 25.1 Å². The Morgan fingerprint density at radius 1 is 1.13 bits per heavy atom. The molecule has 0 spiro atoms. The van der Waals surface area contributed by atoms with Gasteiger partial charge in [0.2, 0.25) is 0 Å². The van der Waals surface area contributed by atoms with E-state index in [1.807, 2.05) is 31.2 Å². The molecular weight excluding hydrogens is 334 g/mol. The number of rotatable bonds is 4. The van der Waals surface area contributed by atoms with E-state index in [1.54, 1.807) is 12.1 Å². The Balaban J connectivity index is 1.82. The average molecular weight is 348 g/mol. The number of hydrogen-bond donors (Lipinski definition) is 2. The maximum absolute atomic E-state index is 12.1. The van der Waals surface area contributed by atoms with Crippen LogP contribution in [0.25, 0.3) is 10.9 Å². The van der Waals surface area contributed by atoms with E-state index in [1.165, 1.54) is 18.3 Å². The van der Waals surface area contributed by atoms with Crippen LogP contribution in [0.5, 0.6) is 0 Å². The van der Waals surface area contributed by atoms with Crippen molar-refractivity contribution < 1.29 is 8.42 Å². The molecule has 118 valence electrons. The molecule has 0 saturated carbocycles. The molecule has 0 aliphatic heterocycles. The molecule has 0 bridgehead atoms. The third-order valence-corrected chi connectivity index (χ3v) is 5.01. The number of hydrazone groups is 1. The zero-order valence-electron chi connectivity index (χ0n) is 12.2. The maximum atomic E-state index is 12.1. The van der Waals surface area contributed by atoms with Crippen molar-refractivity contribution in [2.75, 3.05) is 0 Å². The topological polar surface area (TPSA) is 74.3 Å². The minimum Gasteiger partial charge on any atom is -0.352 e. The summed E-state index contributed by atoms with van der Waals surface area (Å²) < 4.78 is 24.2. The smallest absolute Gasteiger partial charge is 0.276 e. The van der Waals surface area contributed by atoms with Crippen LogP contribution in [-0.4, -0.2) is 19.6 Å².